The lowest BCUT2D eigenvalue weighted by atomic mass is 9.81. The van der Waals surface area contributed by atoms with Crippen LogP contribution in [0.4, 0.5) is 0 Å². The second kappa shape index (κ2) is 6.83. The number of hydrogen-bond acceptors (Lipinski definition) is 2. The van der Waals surface area contributed by atoms with E-state index in [1.54, 1.807) is 7.05 Å². The number of carbonyl (C=O) groups excluding carboxylic acids is 1. The fraction of sp³-hybridized carbons (Fsp3) is 0.917. The minimum absolute atomic E-state index is 0.125. The van der Waals surface area contributed by atoms with Crippen LogP contribution in [0.25, 0.3) is 0 Å². The van der Waals surface area contributed by atoms with Gasteiger partial charge in [0.25, 0.3) is 0 Å². The first-order valence-electron chi connectivity index (χ1n) is 5.81. The molecule has 0 saturated heterocycles. The lowest BCUT2D eigenvalue weighted by Gasteiger charge is -2.29. The Kier molecular flexibility index (Phi) is 6.57. The lowest BCUT2D eigenvalue weighted by Crippen LogP contribution is -2.34. The zero-order chi connectivity index (χ0) is 11.9. The van der Waals surface area contributed by atoms with Crippen molar-refractivity contribution in [2.24, 2.45) is 11.3 Å². The Hall–Kier alpha value is -0.570. The lowest BCUT2D eigenvalue weighted by molar-refractivity contribution is -0.120. The van der Waals surface area contributed by atoms with Crippen LogP contribution in [0.1, 0.15) is 40.5 Å². The van der Waals surface area contributed by atoms with Gasteiger partial charge in [0, 0.05) is 20.0 Å². The summed E-state index contributed by atoms with van der Waals surface area (Å²) < 4.78 is 0. The predicted molar refractivity (Wildman–Crippen MR) is 64.8 cm³/mol. The molecule has 0 fully saturated rings. The second-order valence-corrected chi connectivity index (χ2v) is 5.10. The normalized spacial score (nSPS) is 11.9. The highest BCUT2D eigenvalue weighted by Crippen LogP contribution is 2.24. The maximum atomic E-state index is 10.9. The third kappa shape index (κ3) is 6.50. The summed E-state index contributed by atoms with van der Waals surface area (Å²) in [6.07, 6.45) is 1.53. The molecule has 0 radical (unpaired) electrons. The molecule has 3 heteroatoms. The zero-order valence-corrected chi connectivity index (χ0v) is 10.8. The molecule has 0 atom stereocenters. The second-order valence-electron chi connectivity index (χ2n) is 5.10. The summed E-state index contributed by atoms with van der Waals surface area (Å²) in [5, 5.41) is 6.03. The van der Waals surface area contributed by atoms with E-state index in [1.807, 2.05) is 0 Å². The minimum Gasteiger partial charge on any atom is -0.359 e. The maximum absolute atomic E-state index is 10.9. The minimum atomic E-state index is 0.125. The number of carbonyl (C=O) groups is 1. The molecular formula is C12H26N2O. The first-order valence-corrected chi connectivity index (χ1v) is 5.81. The van der Waals surface area contributed by atoms with Gasteiger partial charge in [0.05, 0.1) is 0 Å². The smallest absolute Gasteiger partial charge is 0.219 e. The Morgan fingerprint density at radius 3 is 2.40 bits per heavy atom. The molecule has 1 amide bonds. The summed E-state index contributed by atoms with van der Waals surface area (Å²) in [5.74, 6) is 0.795. The van der Waals surface area contributed by atoms with Gasteiger partial charge in [-0.15, -0.1) is 0 Å². The van der Waals surface area contributed by atoms with E-state index < -0.39 is 0 Å². The van der Waals surface area contributed by atoms with Gasteiger partial charge in [-0.2, -0.15) is 0 Å². The first-order chi connectivity index (χ1) is 6.90. The molecule has 3 nitrogen and oxygen atoms in total. The Morgan fingerprint density at radius 1 is 1.33 bits per heavy atom. The van der Waals surface area contributed by atoms with Gasteiger partial charge in [0.2, 0.25) is 5.91 Å². The molecule has 0 aromatic heterocycles. The Morgan fingerprint density at radius 2 is 1.93 bits per heavy atom. The van der Waals surface area contributed by atoms with E-state index in [9.17, 15) is 4.79 Å². The SMILES string of the molecule is CNC(=O)CCCNCC(C)(C)C(C)C. The molecule has 0 aliphatic carbocycles. The number of amides is 1. The van der Waals surface area contributed by atoms with Gasteiger partial charge < -0.3 is 10.6 Å². The van der Waals surface area contributed by atoms with Crippen LogP contribution in [0, 0.1) is 11.3 Å². The quantitative estimate of drug-likeness (QED) is 0.634. The molecular weight excluding hydrogens is 188 g/mol. The molecule has 0 spiro atoms. The van der Waals surface area contributed by atoms with Gasteiger partial charge in [-0.25, -0.2) is 0 Å². The van der Waals surface area contributed by atoms with Crippen molar-refractivity contribution in [3.05, 3.63) is 0 Å². The molecule has 90 valence electrons. The summed E-state index contributed by atoms with van der Waals surface area (Å²) in [7, 11) is 1.68. The molecule has 0 heterocycles. The number of nitrogens with one attached hydrogen (secondary N) is 2. The Balaban J connectivity index is 3.50. The van der Waals surface area contributed by atoms with E-state index in [0.29, 0.717) is 17.8 Å². The molecule has 0 rings (SSSR count). The van der Waals surface area contributed by atoms with E-state index in [1.165, 1.54) is 0 Å². The van der Waals surface area contributed by atoms with Gasteiger partial charge >= 0.3 is 0 Å². The summed E-state index contributed by atoms with van der Waals surface area (Å²) >= 11 is 0. The standard InChI is InChI=1S/C12H26N2O/c1-10(2)12(3,4)9-14-8-6-7-11(15)13-5/h10,14H,6-9H2,1-5H3,(H,13,15). The van der Waals surface area contributed by atoms with Crippen molar-refractivity contribution in [2.75, 3.05) is 20.1 Å². The Bertz CT molecular complexity index is 188. The van der Waals surface area contributed by atoms with Gasteiger partial charge in [-0.05, 0) is 24.3 Å². The summed E-state index contributed by atoms with van der Waals surface area (Å²) in [6, 6.07) is 0. The van der Waals surface area contributed by atoms with E-state index in [4.69, 9.17) is 0 Å². The van der Waals surface area contributed by atoms with Gasteiger partial charge in [-0.3, -0.25) is 4.79 Å². The molecule has 0 aromatic carbocycles. The van der Waals surface area contributed by atoms with Crippen LogP contribution in [0.5, 0.6) is 0 Å². The molecule has 0 bridgehead atoms. The zero-order valence-electron chi connectivity index (χ0n) is 10.8. The predicted octanol–water partition coefficient (Wildman–Crippen LogP) is 1.78. The Labute approximate surface area is 94.0 Å². The highest BCUT2D eigenvalue weighted by atomic mass is 16.1. The highest BCUT2D eigenvalue weighted by Gasteiger charge is 2.21. The van der Waals surface area contributed by atoms with Gasteiger partial charge in [0.1, 0.15) is 0 Å². The fourth-order valence-electron chi connectivity index (χ4n) is 1.11. The summed E-state index contributed by atoms with van der Waals surface area (Å²) in [5.41, 5.74) is 0.326. The van der Waals surface area contributed by atoms with E-state index in [-0.39, 0.29) is 5.91 Å². The number of rotatable bonds is 7. The van der Waals surface area contributed by atoms with Crippen LogP contribution in [0.3, 0.4) is 0 Å². The van der Waals surface area contributed by atoms with Crippen molar-refractivity contribution in [3.63, 3.8) is 0 Å². The van der Waals surface area contributed by atoms with Crippen molar-refractivity contribution < 1.29 is 4.79 Å². The molecule has 0 aliphatic heterocycles. The molecule has 0 aromatic rings. The molecule has 15 heavy (non-hydrogen) atoms. The van der Waals surface area contributed by atoms with Crippen LogP contribution in [0.2, 0.25) is 0 Å². The van der Waals surface area contributed by atoms with Crippen LogP contribution in [0.15, 0.2) is 0 Å². The van der Waals surface area contributed by atoms with Crippen molar-refractivity contribution >= 4 is 5.91 Å². The fourth-order valence-corrected chi connectivity index (χ4v) is 1.11. The number of hydrogen-bond donors (Lipinski definition) is 2. The van der Waals surface area contributed by atoms with Gasteiger partial charge in [-0.1, -0.05) is 27.7 Å². The summed E-state index contributed by atoms with van der Waals surface area (Å²) in [4.78, 5) is 10.9. The van der Waals surface area contributed by atoms with Crippen molar-refractivity contribution in [1.29, 1.82) is 0 Å². The summed E-state index contributed by atoms with van der Waals surface area (Å²) in [6.45, 7) is 11.0. The van der Waals surface area contributed by atoms with Crippen LogP contribution < -0.4 is 10.6 Å². The van der Waals surface area contributed by atoms with Crippen LogP contribution >= 0.6 is 0 Å². The molecule has 0 unspecified atom stereocenters. The monoisotopic (exact) mass is 214 g/mol. The molecule has 0 saturated carbocycles. The van der Waals surface area contributed by atoms with E-state index >= 15 is 0 Å². The van der Waals surface area contributed by atoms with Crippen molar-refractivity contribution in [2.45, 2.75) is 40.5 Å². The topological polar surface area (TPSA) is 41.1 Å². The van der Waals surface area contributed by atoms with E-state index in [2.05, 4.69) is 38.3 Å². The van der Waals surface area contributed by atoms with Crippen LogP contribution in [-0.4, -0.2) is 26.0 Å². The first kappa shape index (κ1) is 14.4. The maximum Gasteiger partial charge on any atom is 0.219 e. The molecule has 0 aliphatic rings. The third-order valence-corrected chi connectivity index (χ3v) is 3.18. The average Bonchev–Trinajstić information content (AvgIpc) is 2.16. The largest absolute Gasteiger partial charge is 0.359 e. The average molecular weight is 214 g/mol. The van der Waals surface area contributed by atoms with E-state index in [0.717, 1.165) is 19.5 Å². The highest BCUT2D eigenvalue weighted by molar-refractivity contribution is 5.75. The van der Waals surface area contributed by atoms with Crippen molar-refractivity contribution in [3.8, 4) is 0 Å². The van der Waals surface area contributed by atoms with Crippen LogP contribution in [-0.2, 0) is 4.79 Å². The van der Waals surface area contributed by atoms with Gasteiger partial charge in [0.15, 0.2) is 0 Å². The van der Waals surface area contributed by atoms with Crippen molar-refractivity contribution in [1.82, 2.24) is 10.6 Å². The third-order valence-electron chi connectivity index (χ3n) is 3.18. The molecule has 2 N–H and O–H groups in total.